The van der Waals surface area contributed by atoms with E-state index in [4.69, 9.17) is 14.5 Å². The van der Waals surface area contributed by atoms with Gasteiger partial charge in [-0.25, -0.2) is 4.98 Å². The average molecular weight is 591 g/mol. The summed E-state index contributed by atoms with van der Waals surface area (Å²) in [5, 5.41) is 0. The molecule has 1 aromatic heterocycles. The van der Waals surface area contributed by atoms with Gasteiger partial charge in [-0.1, -0.05) is 60.7 Å². The Morgan fingerprint density at radius 1 is 0.659 bits per heavy atom. The molecule has 44 heavy (non-hydrogen) atoms. The minimum absolute atomic E-state index is 0.0135. The van der Waals surface area contributed by atoms with E-state index in [2.05, 4.69) is 4.90 Å². The number of ether oxygens (including phenoxy) is 2. The minimum Gasteiger partial charge on any atom is -0.497 e. The topological polar surface area (TPSA) is 75.2 Å². The number of nitrogens with zero attached hydrogens (tertiary/aromatic N) is 4. The summed E-state index contributed by atoms with van der Waals surface area (Å²) >= 11 is 0. The number of hydrogen-bond donors (Lipinski definition) is 0. The second-order valence-corrected chi connectivity index (χ2v) is 11.3. The van der Waals surface area contributed by atoms with Crippen LogP contribution in [-0.4, -0.2) is 91.0 Å². The number of carbonyl (C=O) groups excluding carboxylic acids is 2. The standard InChI is InChI=1S/C36H38N4O4/c1-43-30-13-14-31(34(25-30)44-2)36(42)39-17-15-29(16-18-39)38-19-21-40(22-20-38)35(41)28-23-32(26-9-5-3-6-10-26)37-33(24-28)27-11-7-4-8-12-27/h3-14,23-25,29H,15-22H2,1-2H3. The predicted octanol–water partition coefficient (Wildman–Crippen LogP) is 5.50. The normalized spacial score (nSPS) is 16.0. The van der Waals surface area contributed by atoms with Gasteiger partial charge in [-0.2, -0.15) is 0 Å². The quantitative estimate of drug-likeness (QED) is 0.283. The van der Waals surface area contributed by atoms with Gasteiger partial charge in [0.15, 0.2) is 0 Å². The zero-order valence-electron chi connectivity index (χ0n) is 25.3. The molecule has 0 radical (unpaired) electrons. The lowest BCUT2D eigenvalue weighted by Crippen LogP contribution is -2.54. The molecule has 0 unspecified atom stereocenters. The number of piperazine rings is 1. The van der Waals surface area contributed by atoms with E-state index in [1.54, 1.807) is 32.4 Å². The molecule has 2 aliphatic rings. The number of piperidine rings is 1. The lowest BCUT2D eigenvalue weighted by atomic mass is 10.0. The van der Waals surface area contributed by atoms with Crippen molar-refractivity contribution in [2.45, 2.75) is 18.9 Å². The third kappa shape index (κ3) is 6.31. The Bertz CT molecular complexity index is 1540. The number of likely N-dealkylation sites (tertiary alicyclic amines) is 1. The Morgan fingerprint density at radius 2 is 1.23 bits per heavy atom. The molecule has 2 aliphatic heterocycles. The van der Waals surface area contributed by atoms with Crippen molar-refractivity contribution >= 4 is 11.8 Å². The largest absolute Gasteiger partial charge is 0.497 e. The van der Waals surface area contributed by atoms with Crippen molar-refractivity contribution in [3.8, 4) is 34.0 Å². The van der Waals surface area contributed by atoms with Crippen LogP contribution >= 0.6 is 0 Å². The van der Waals surface area contributed by atoms with Gasteiger partial charge >= 0.3 is 0 Å². The van der Waals surface area contributed by atoms with E-state index in [9.17, 15) is 9.59 Å². The van der Waals surface area contributed by atoms with Crippen LogP contribution in [0.1, 0.15) is 33.6 Å². The van der Waals surface area contributed by atoms with Gasteiger partial charge in [0.2, 0.25) is 0 Å². The maximum Gasteiger partial charge on any atom is 0.257 e. The van der Waals surface area contributed by atoms with Gasteiger partial charge < -0.3 is 19.3 Å². The summed E-state index contributed by atoms with van der Waals surface area (Å²) in [6.07, 6.45) is 1.81. The van der Waals surface area contributed by atoms with Crippen LogP contribution in [0, 0.1) is 0 Å². The molecule has 8 nitrogen and oxygen atoms in total. The molecule has 2 fully saturated rings. The summed E-state index contributed by atoms with van der Waals surface area (Å²) in [6.45, 7) is 4.37. The lowest BCUT2D eigenvalue weighted by Gasteiger charge is -2.42. The number of aromatic nitrogens is 1. The summed E-state index contributed by atoms with van der Waals surface area (Å²) < 4.78 is 10.7. The van der Waals surface area contributed by atoms with Crippen LogP contribution in [0.4, 0.5) is 0 Å². The molecule has 2 amide bonds. The maximum atomic E-state index is 13.8. The zero-order chi connectivity index (χ0) is 30.5. The highest BCUT2D eigenvalue weighted by Crippen LogP contribution is 2.29. The summed E-state index contributed by atoms with van der Waals surface area (Å²) in [4.78, 5) is 38.4. The van der Waals surface area contributed by atoms with Crippen molar-refractivity contribution in [1.82, 2.24) is 19.7 Å². The summed E-state index contributed by atoms with van der Waals surface area (Å²) in [6, 6.07) is 29.6. The van der Waals surface area contributed by atoms with E-state index >= 15 is 0 Å². The van der Waals surface area contributed by atoms with Gasteiger partial charge in [0, 0.05) is 68.1 Å². The molecule has 0 saturated carbocycles. The Morgan fingerprint density at radius 3 is 1.77 bits per heavy atom. The monoisotopic (exact) mass is 590 g/mol. The first-order valence-corrected chi connectivity index (χ1v) is 15.2. The van der Waals surface area contributed by atoms with E-state index in [1.165, 1.54) is 0 Å². The lowest BCUT2D eigenvalue weighted by molar-refractivity contribution is 0.0411. The SMILES string of the molecule is COc1ccc(C(=O)N2CCC(N3CCN(C(=O)c4cc(-c5ccccc5)nc(-c5ccccc5)c4)CC3)CC2)c(OC)c1. The van der Waals surface area contributed by atoms with Gasteiger partial charge in [0.05, 0.1) is 31.2 Å². The third-order valence-corrected chi connectivity index (χ3v) is 8.72. The molecule has 0 bridgehead atoms. The average Bonchev–Trinajstić information content (AvgIpc) is 3.11. The van der Waals surface area contributed by atoms with E-state index in [0.29, 0.717) is 54.8 Å². The van der Waals surface area contributed by atoms with E-state index in [1.807, 2.05) is 82.6 Å². The van der Waals surface area contributed by atoms with Crippen LogP contribution in [0.5, 0.6) is 11.5 Å². The second kappa shape index (κ2) is 13.3. The van der Waals surface area contributed by atoms with E-state index < -0.39 is 0 Å². The fraction of sp³-hybridized carbons (Fsp3) is 0.306. The highest BCUT2D eigenvalue weighted by Gasteiger charge is 2.31. The number of pyridine rings is 1. The molecule has 0 spiro atoms. The van der Waals surface area contributed by atoms with Crippen LogP contribution in [0.2, 0.25) is 0 Å². The number of hydrogen-bond acceptors (Lipinski definition) is 6. The molecule has 3 heterocycles. The molecule has 0 N–H and O–H groups in total. The van der Waals surface area contributed by atoms with E-state index in [0.717, 1.165) is 48.4 Å². The first-order valence-electron chi connectivity index (χ1n) is 15.2. The molecular weight excluding hydrogens is 552 g/mol. The van der Waals surface area contributed by atoms with E-state index in [-0.39, 0.29) is 11.8 Å². The summed E-state index contributed by atoms with van der Waals surface area (Å²) in [5.41, 5.74) is 4.77. The molecule has 226 valence electrons. The number of benzene rings is 3. The molecule has 8 heteroatoms. The van der Waals surface area contributed by atoms with Crippen molar-refractivity contribution in [3.63, 3.8) is 0 Å². The van der Waals surface area contributed by atoms with Crippen molar-refractivity contribution in [2.75, 3.05) is 53.5 Å². The fourth-order valence-corrected chi connectivity index (χ4v) is 6.22. The first-order chi connectivity index (χ1) is 21.5. The Hall–Kier alpha value is -4.69. The second-order valence-electron chi connectivity index (χ2n) is 11.3. The van der Waals surface area contributed by atoms with Crippen molar-refractivity contribution in [3.05, 3.63) is 102 Å². The Kier molecular flexibility index (Phi) is 8.89. The number of amides is 2. The third-order valence-electron chi connectivity index (χ3n) is 8.72. The summed E-state index contributed by atoms with van der Waals surface area (Å²) in [7, 11) is 3.17. The number of methoxy groups -OCH3 is 2. The van der Waals surface area contributed by atoms with Crippen LogP contribution in [-0.2, 0) is 0 Å². The molecule has 6 rings (SSSR count). The van der Waals surface area contributed by atoms with Crippen LogP contribution in [0.15, 0.2) is 91.0 Å². The van der Waals surface area contributed by atoms with Crippen molar-refractivity contribution in [1.29, 1.82) is 0 Å². The van der Waals surface area contributed by atoms with Gasteiger partial charge in [-0.3, -0.25) is 14.5 Å². The fourth-order valence-electron chi connectivity index (χ4n) is 6.22. The molecule has 0 atom stereocenters. The van der Waals surface area contributed by atoms with Crippen molar-refractivity contribution in [2.24, 2.45) is 0 Å². The summed E-state index contributed by atoms with van der Waals surface area (Å²) in [5.74, 6) is 1.21. The molecule has 2 saturated heterocycles. The highest BCUT2D eigenvalue weighted by atomic mass is 16.5. The first kappa shape index (κ1) is 29.4. The number of rotatable bonds is 7. The molecule has 0 aliphatic carbocycles. The van der Waals surface area contributed by atoms with Gasteiger partial charge in [0.25, 0.3) is 11.8 Å². The Labute approximate surface area is 258 Å². The molecular formula is C36H38N4O4. The smallest absolute Gasteiger partial charge is 0.257 e. The van der Waals surface area contributed by atoms with Crippen LogP contribution in [0.25, 0.3) is 22.5 Å². The maximum absolute atomic E-state index is 13.8. The molecule has 3 aromatic carbocycles. The number of carbonyl (C=O) groups is 2. The van der Waals surface area contributed by atoms with Crippen LogP contribution in [0.3, 0.4) is 0 Å². The Balaban J connectivity index is 1.09. The van der Waals surface area contributed by atoms with Crippen molar-refractivity contribution < 1.29 is 19.1 Å². The highest BCUT2D eigenvalue weighted by molar-refractivity contribution is 5.97. The van der Waals surface area contributed by atoms with Gasteiger partial charge in [-0.15, -0.1) is 0 Å². The van der Waals surface area contributed by atoms with Gasteiger partial charge in [0.1, 0.15) is 11.5 Å². The minimum atomic E-state index is -0.0135. The van der Waals surface area contributed by atoms with Crippen LogP contribution < -0.4 is 9.47 Å². The van der Waals surface area contributed by atoms with Gasteiger partial charge in [-0.05, 0) is 37.1 Å². The zero-order valence-corrected chi connectivity index (χ0v) is 25.3. The molecule has 4 aromatic rings. The predicted molar refractivity (Wildman–Crippen MR) is 171 cm³/mol.